The molecule has 1 aliphatic heterocycles. The summed E-state index contributed by atoms with van der Waals surface area (Å²) in [7, 11) is 0. The van der Waals surface area contributed by atoms with Crippen molar-refractivity contribution in [3.8, 4) is 0 Å². The van der Waals surface area contributed by atoms with E-state index in [0.717, 1.165) is 30.0 Å². The van der Waals surface area contributed by atoms with Gasteiger partial charge in [-0.2, -0.15) is 0 Å². The van der Waals surface area contributed by atoms with Gasteiger partial charge in [0, 0.05) is 36.7 Å². The van der Waals surface area contributed by atoms with Gasteiger partial charge in [0.2, 0.25) is 0 Å². The van der Waals surface area contributed by atoms with Crippen molar-refractivity contribution in [2.75, 3.05) is 6.54 Å². The monoisotopic (exact) mass is 265 g/mol. The second-order valence-electron chi connectivity index (χ2n) is 5.82. The molecule has 100 valence electrons. The minimum atomic E-state index is 0.451. The first-order valence-electron chi connectivity index (χ1n) is 6.83. The molecule has 0 radical (unpaired) electrons. The molecule has 18 heavy (non-hydrogen) atoms. The molecule has 0 bridgehead atoms. The third-order valence-corrected chi connectivity index (χ3v) is 4.07. The van der Waals surface area contributed by atoms with Gasteiger partial charge >= 0.3 is 0 Å². The number of fused-ring (bicyclic) bond motifs is 1. The van der Waals surface area contributed by atoms with E-state index in [1.807, 2.05) is 0 Å². The van der Waals surface area contributed by atoms with Gasteiger partial charge in [-0.3, -0.25) is 0 Å². The molecule has 0 atom stereocenters. The Morgan fingerprint density at radius 1 is 1.17 bits per heavy atom. The van der Waals surface area contributed by atoms with Crippen LogP contribution in [-0.2, 0) is 13.0 Å². The van der Waals surface area contributed by atoms with Gasteiger partial charge < -0.3 is 10.3 Å². The van der Waals surface area contributed by atoms with Crippen LogP contribution in [0.5, 0.6) is 0 Å². The van der Waals surface area contributed by atoms with Crippen LogP contribution in [-0.4, -0.2) is 16.5 Å². The molecular weight excluding hydrogens is 242 g/mol. The van der Waals surface area contributed by atoms with E-state index in [2.05, 4.69) is 43.0 Å². The smallest absolute Gasteiger partial charge is 0.134 e. The maximum absolute atomic E-state index is 5.45. The molecule has 1 aromatic heterocycles. The fourth-order valence-electron chi connectivity index (χ4n) is 2.95. The van der Waals surface area contributed by atoms with Crippen molar-refractivity contribution in [2.24, 2.45) is 11.8 Å². The minimum Gasteiger partial charge on any atom is -0.347 e. The zero-order valence-electron chi connectivity index (χ0n) is 11.7. The zero-order chi connectivity index (χ0) is 13.3. The molecule has 0 spiro atoms. The number of aromatic nitrogens is 2. The Bertz CT molecular complexity index is 468. The van der Waals surface area contributed by atoms with Gasteiger partial charge in [0.25, 0.3) is 0 Å². The topological polar surface area (TPSA) is 40.7 Å². The maximum atomic E-state index is 5.45. The number of nitrogens with one attached hydrogen (secondary N) is 2. The minimum absolute atomic E-state index is 0.451. The largest absolute Gasteiger partial charge is 0.347 e. The van der Waals surface area contributed by atoms with Crippen molar-refractivity contribution in [3.05, 3.63) is 21.7 Å². The highest BCUT2D eigenvalue weighted by Gasteiger charge is 2.23. The second-order valence-corrected chi connectivity index (χ2v) is 6.21. The fourth-order valence-corrected chi connectivity index (χ4v) is 3.24. The van der Waals surface area contributed by atoms with Gasteiger partial charge in [-0.05, 0) is 11.8 Å². The summed E-state index contributed by atoms with van der Waals surface area (Å²) in [6.07, 6.45) is 1.03. The number of nitrogens with zero attached hydrogens (tertiary/aromatic N) is 1. The molecule has 0 amide bonds. The Kier molecular flexibility index (Phi) is 4.17. The van der Waals surface area contributed by atoms with Crippen LogP contribution < -0.4 is 5.32 Å². The van der Waals surface area contributed by atoms with Crippen LogP contribution in [0.4, 0.5) is 0 Å². The number of hydrogen-bond acceptors (Lipinski definition) is 3. The van der Waals surface area contributed by atoms with E-state index in [0.29, 0.717) is 17.8 Å². The van der Waals surface area contributed by atoms with E-state index < -0.39 is 0 Å². The lowest BCUT2D eigenvalue weighted by Gasteiger charge is -2.26. The van der Waals surface area contributed by atoms with Crippen LogP contribution in [0.1, 0.15) is 50.7 Å². The molecular formula is C14H23N3S. The Morgan fingerprint density at radius 2 is 1.83 bits per heavy atom. The molecule has 3 nitrogen and oxygen atoms in total. The highest BCUT2D eigenvalue weighted by atomic mass is 32.1. The molecule has 0 unspecified atom stereocenters. The van der Waals surface area contributed by atoms with Crippen molar-refractivity contribution in [1.29, 1.82) is 0 Å². The molecule has 1 aromatic rings. The summed E-state index contributed by atoms with van der Waals surface area (Å²) < 4.78 is 0.775. The van der Waals surface area contributed by atoms with Crippen LogP contribution >= 0.6 is 12.2 Å². The number of rotatable bonds is 3. The van der Waals surface area contributed by atoms with Gasteiger partial charge in [0.05, 0.1) is 0 Å². The van der Waals surface area contributed by atoms with Gasteiger partial charge in [-0.15, -0.1) is 0 Å². The van der Waals surface area contributed by atoms with E-state index in [9.17, 15) is 0 Å². The zero-order valence-corrected chi connectivity index (χ0v) is 12.5. The van der Waals surface area contributed by atoms with Crippen LogP contribution in [0.2, 0.25) is 0 Å². The summed E-state index contributed by atoms with van der Waals surface area (Å²) in [6.45, 7) is 10.9. The second kappa shape index (κ2) is 5.49. The summed E-state index contributed by atoms with van der Waals surface area (Å²) in [5.41, 5.74) is 2.47. The van der Waals surface area contributed by atoms with E-state index >= 15 is 0 Å². The van der Waals surface area contributed by atoms with Crippen LogP contribution in [0.15, 0.2) is 0 Å². The highest BCUT2D eigenvalue weighted by Crippen LogP contribution is 2.30. The summed E-state index contributed by atoms with van der Waals surface area (Å²) in [5, 5.41) is 3.35. The Morgan fingerprint density at radius 3 is 2.44 bits per heavy atom. The van der Waals surface area contributed by atoms with Crippen LogP contribution in [0.3, 0.4) is 0 Å². The molecule has 4 heteroatoms. The molecule has 1 aliphatic rings. The quantitative estimate of drug-likeness (QED) is 0.825. The molecule has 2 rings (SSSR count). The predicted octanol–water partition coefficient (Wildman–Crippen LogP) is 3.18. The van der Waals surface area contributed by atoms with Crippen LogP contribution in [0, 0.1) is 16.5 Å². The first-order valence-corrected chi connectivity index (χ1v) is 7.24. The average molecular weight is 265 g/mol. The molecule has 0 aromatic carbocycles. The summed E-state index contributed by atoms with van der Waals surface area (Å²) in [5.74, 6) is 2.67. The Balaban J connectivity index is 2.45. The van der Waals surface area contributed by atoms with Gasteiger partial charge in [-0.25, -0.2) is 4.98 Å². The SMILES string of the molecule is CC(C)C(c1nc(=S)c2c([nH]1)CCNC2)C(C)C. The van der Waals surface area contributed by atoms with E-state index in [1.54, 1.807) is 0 Å². The number of H-pyrrole nitrogens is 1. The lowest BCUT2D eigenvalue weighted by atomic mass is 9.84. The normalized spacial score (nSPS) is 15.5. The molecule has 2 heterocycles. The van der Waals surface area contributed by atoms with Gasteiger partial charge in [0.15, 0.2) is 0 Å². The predicted molar refractivity (Wildman–Crippen MR) is 77.2 cm³/mol. The van der Waals surface area contributed by atoms with Crippen molar-refractivity contribution in [3.63, 3.8) is 0 Å². The third-order valence-electron chi connectivity index (χ3n) is 3.73. The van der Waals surface area contributed by atoms with E-state index in [1.165, 1.54) is 11.3 Å². The molecule has 0 fully saturated rings. The first-order chi connectivity index (χ1) is 8.50. The fraction of sp³-hybridized carbons (Fsp3) is 0.714. The van der Waals surface area contributed by atoms with Gasteiger partial charge in [-0.1, -0.05) is 39.9 Å². The van der Waals surface area contributed by atoms with Crippen molar-refractivity contribution in [2.45, 2.75) is 46.6 Å². The van der Waals surface area contributed by atoms with Crippen molar-refractivity contribution in [1.82, 2.24) is 15.3 Å². The Hall–Kier alpha value is -0.740. The number of aromatic amines is 1. The van der Waals surface area contributed by atoms with E-state index in [4.69, 9.17) is 12.2 Å². The first kappa shape index (κ1) is 13.7. The van der Waals surface area contributed by atoms with Crippen molar-refractivity contribution >= 4 is 12.2 Å². The van der Waals surface area contributed by atoms with Crippen molar-refractivity contribution < 1.29 is 0 Å². The summed E-state index contributed by atoms with van der Waals surface area (Å²) in [4.78, 5) is 8.20. The van der Waals surface area contributed by atoms with Gasteiger partial charge in [0.1, 0.15) is 10.5 Å². The standard InChI is InChI=1S/C14H23N3S/c1-8(2)12(9(3)4)13-16-11-5-6-15-7-10(11)14(18)17-13/h8-9,12,15H,5-7H2,1-4H3,(H,16,17,18). The highest BCUT2D eigenvalue weighted by molar-refractivity contribution is 7.71. The lowest BCUT2D eigenvalue weighted by molar-refractivity contribution is 0.368. The lowest BCUT2D eigenvalue weighted by Crippen LogP contribution is -2.27. The Labute approximate surface area is 114 Å². The molecule has 0 saturated carbocycles. The maximum Gasteiger partial charge on any atom is 0.134 e. The van der Waals surface area contributed by atoms with Crippen LogP contribution in [0.25, 0.3) is 0 Å². The summed E-state index contributed by atoms with van der Waals surface area (Å²) >= 11 is 5.45. The summed E-state index contributed by atoms with van der Waals surface area (Å²) in [6, 6.07) is 0. The number of hydrogen-bond donors (Lipinski definition) is 2. The molecule has 2 N–H and O–H groups in total. The molecule has 0 saturated heterocycles. The van der Waals surface area contributed by atoms with E-state index in [-0.39, 0.29) is 0 Å². The average Bonchev–Trinajstić information content (AvgIpc) is 2.28. The molecule has 0 aliphatic carbocycles. The third kappa shape index (κ3) is 2.64.